The summed E-state index contributed by atoms with van der Waals surface area (Å²) in [5.74, 6) is -0.902. The molecular formula is C11H17N3O2. The van der Waals surface area contributed by atoms with E-state index in [9.17, 15) is 4.79 Å². The van der Waals surface area contributed by atoms with Gasteiger partial charge in [-0.2, -0.15) is 5.10 Å². The Morgan fingerprint density at radius 2 is 2.38 bits per heavy atom. The van der Waals surface area contributed by atoms with Crippen molar-refractivity contribution in [2.75, 3.05) is 13.1 Å². The van der Waals surface area contributed by atoms with Crippen LogP contribution in [0, 0.1) is 0 Å². The van der Waals surface area contributed by atoms with E-state index in [1.165, 1.54) is 0 Å². The molecule has 1 N–H and O–H groups in total. The third-order valence-corrected chi connectivity index (χ3v) is 3.16. The van der Waals surface area contributed by atoms with Crippen LogP contribution < -0.4 is 0 Å². The van der Waals surface area contributed by atoms with Gasteiger partial charge in [-0.15, -0.1) is 0 Å². The van der Waals surface area contributed by atoms with Crippen molar-refractivity contribution >= 4 is 5.97 Å². The van der Waals surface area contributed by atoms with Crippen LogP contribution in [0.25, 0.3) is 0 Å². The van der Waals surface area contributed by atoms with Gasteiger partial charge in [-0.3, -0.25) is 9.58 Å². The summed E-state index contributed by atoms with van der Waals surface area (Å²) in [6.45, 7) is 6.22. The normalized spacial score (nSPS) is 21.8. The summed E-state index contributed by atoms with van der Waals surface area (Å²) in [6.07, 6.45) is 2.53. The minimum Gasteiger partial charge on any atom is -0.477 e. The molecule has 0 radical (unpaired) electrons. The van der Waals surface area contributed by atoms with Gasteiger partial charge in [0.2, 0.25) is 0 Å². The number of hydrogen-bond acceptors (Lipinski definition) is 3. The van der Waals surface area contributed by atoms with E-state index < -0.39 is 5.97 Å². The molecular weight excluding hydrogens is 206 g/mol. The first kappa shape index (κ1) is 11.1. The molecule has 0 spiro atoms. The molecule has 1 aromatic heterocycles. The zero-order chi connectivity index (χ0) is 11.7. The summed E-state index contributed by atoms with van der Waals surface area (Å²) >= 11 is 0. The van der Waals surface area contributed by atoms with Gasteiger partial charge in [0, 0.05) is 25.3 Å². The molecule has 2 heterocycles. The third kappa shape index (κ3) is 1.95. The first-order valence-corrected chi connectivity index (χ1v) is 5.60. The number of carboxylic acid groups (broad SMARTS) is 1. The fourth-order valence-corrected chi connectivity index (χ4v) is 2.21. The summed E-state index contributed by atoms with van der Waals surface area (Å²) in [4.78, 5) is 13.3. The summed E-state index contributed by atoms with van der Waals surface area (Å²) in [5.41, 5.74) is 0.288. The third-order valence-electron chi connectivity index (χ3n) is 3.16. The van der Waals surface area contributed by atoms with Crippen molar-refractivity contribution < 1.29 is 9.90 Å². The molecule has 5 nitrogen and oxygen atoms in total. The summed E-state index contributed by atoms with van der Waals surface area (Å²) in [7, 11) is 0. The van der Waals surface area contributed by atoms with Gasteiger partial charge in [0.15, 0.2) is 0 Å². The highest BCUT2D eigenvalue weighted by Crippen LogP contribution is 2.23. The maximum absolute atomic E-state index is 11.0. The molecule has 16 heavy (non-hydrogen) atoms. The first-order valence-electron chi connectivity index (χ1n) is 5.60. The Hall–Kier alpha value is -1.36. The van der Waals surface area contributed by atoms with E-state index >= 15 is 0 Å². The molecule has 0 bridgehead atoms. The molecule has 1 saturated heterocycles. The molecule has 88 valence electrons. The number of carbonyl (C=O) groups is 1. The molecule has 1 atom stereocenters. The lowest BCUT2D eigenvalue weighted by molar-refractivity contribution is 0.0680. The number of hydrogen-bond donors (Lipinski definition) is 1. The second-order valence-electron chi connectivity index (χ2n) is 4.50. The predicted molar refractivity (Wildman–Crippen MR) is 59.5 cm³/mol. The van der Waals surface area contributed by atoms with E-state index in [4.69, 9.17) is 5.11 Å². The van der Waals surface area contributed by atoms with Gasteiger partial charge < -0.3 is 5.11 Å². The van der Waals surface area contributed by atoms with Gasteiger partial charge in [-0.1, -0.05) is 0 Å². The number of likely N-dealkylation sites (tertiary alicyclic amines) is 1. The fourth-order valence-electron chi connectivity index (χ4n) is 2.21. The van der Waals surface area contributed by atoms with Gasteiger partial charge in [0.25, 0.3) is 0 Å². The summed E-state index contributed by atoms with van der Waals surface area (Å²) < 4.78 is 1.64. The van der Waals surface area contributed by atoms with Crippen molar-refractivity contribution in [1.82, 2.24) is 14.7 Å². The molecule has 1 fully saturated rings. The number of nitrogens with zero attached hydrogens (tertiary/aromatic N) is 3. The van der Waals surface area contributed by atoms with Crippen LogP contribution in [0.2, 0.25) is 0 Å². The number of aromatic nitrogens is 2. The molecule has 0 saturated carbocycles. The van der Waals surface area contributed by atoms with Crippen LogP contribution >= 0.6 is 0 Å². The van der Waals surface area contributed by atoms with Gasteiger partial charge in [0.1, 0.15) is 5.69 Å². The van der Waals surface area contributed by atoms with E-state index in [0.717, 1.165) is 19.5 Å². The van der Waals surface area contributed by atoms with Crippen molar-refractivity contribution in [3.05, 3.63) is 18.0 Å². The zero-order valence-electron chi connectivity index (χ0n) is 9.63. The zero-order valence-corrected chi connectivity index (χ0v) is 9.63. The molecule has 1 unspecified atom stereocenters. The Morgan fingerprint density at radius 1 is 1.62 bits per heavy atom. The van der Waals surface area contributed by atoms with Crippen molar-refractivity contribution in [2.24, 2.45) is 0 Å². The molecule has 2 rings (SSSR count). The van der Waals surface area contributed by atoms with Crippen LogP contribution in [0.1, 0.15) is 36.8 Å². The van der Waals surface area contributed by atoms with E-state index in [1.54, 1.807) is 16.9 Å². The van der Waals surface area contributed by atoms with Gasteiger partial charge in [0.05, 0.1) is 6.04 Å². The maximum atomic E-state index is 11.0. The second kappa shape index (κ2) is 4.25. The minimum absolute atomic E-state index is 0.198. The standard InChI is InChI=1S/C11H17N3O2/c1-8(2)13-6-4-9(7-13)14-10(11(15)16)3-5-12-14/h3,5,8-9H,4,6-7H2,1-2H3,(H,15,16). The molecule has 0 aromatic carbocycles. The maximum Gasteiger partial charge on any atom is 0.354 e. The van der Waals surface area contributed by atoms with E-state index in [0.29, 0.717) is 6.04 Å². The Morgan fingerprint density at radius 3 is 2.94 bits per heavy atom. The second-order valence-corrected chi connectivity index (χ2v) is 4.50. The van der Waals surface area contributed by atoms with Crippen molar-refractivity contribution in [3.8, 4) is 0 Å². The van der Waals surface area contributed by atoms with Gasteiger partial charge >= 0.3 is 5.97 Å². The van der Waals surface area contributed by atoms with Crippen molar-refractivity contribution in [1.29, 1.82) is 0 Å². The highest BCUT2D eigenvalue weighted by Gasteiger charge is 2.28. The fraction of sp³-hybridized carbons (Fsp3) is 0.636. The monoisotopic (exact) mass is 223 g/mol. The van der Waals surface area contributed by atoms with Crippen LogP contribution in [-0.2, 0) is 0 Å². The van der Waals surface area contributed by atoms with Gasteiger partial charge in [-0.05, 0) is 26.3 Å². The minimum atomic E-state index is -0.902. The Balaban J connectivity index is 2.14. The molecule has 1 aromatic rings. The van der Waals surface area contributed by atoms with E-state index in [1.807, 2.05) is 0 Å². The predicted octanol–water partition coefficient (Wildman–Crippen LogP) is 1.24. The Kier molecular flexibility index (Phi) is 2.96. The average Bonchev–Trinajstić information content (AvgIpc) is 2.86. The lowest BCUT2D eigenvalue weighted by atomic mass is 10.2. The van der Waals surface area contributed by atoms with Crippen molar-refractivity contribution in [3.63, 3.8) is 0 Å². The smallest absolute Gasteiger partial charge is 0.354 e. The Bertz CT molecular complexity index is 386. The average molecular weight is 223 g/mol. The lowest BCUT2D eigenvalue weighted by Gasteiger charge is -2.20. The summed E-state index contributed by atoms with van der Waals surface area (Å²) in [6, 6.07) is 2.26. The molecule has 5 heteroatoms. The quantitative estimate of drug-likeness (QED) is 0.837. The van der Waals surface area contributed by atoms with Crippen LogP contribution in [0.5, 0.6) is 0 Å². The number of aromatic carboxylic acids is 1. The van der Waals surface area contributed by atoms with Crippen LogP contribution in [-0.4, -0.2) is 44.9 Å². The SMILES string of the molecule is CC(C)N1CCC(n2nccc2C(=O)O)C1. The molecule has 0 amide bonds. The molecule has 0 aliphatic carbocycles. The highest BCUT2D eigenvalue weighted by atomic mass is 16.4. The van der Waals surface area contributed by atoms with Crippen LogP contribution in [0.15, 0.2) is 12.3 Å². The van der Waals surface area contributed by atoms with Gasteiger partial charge in [-0.25, -0.2) is 4.79 Å². The Labute approximate surface area is 94.7 Å². The first-order chi connectivity index (χ1) is 7.59. The highest BCUT2D eigenvalue weighted by molar-refractivity contribution is 5.85. The number of carboxylic acids is 1. The van der Waals surface area contributed by atoms with E-state index in [2.05, 4.69) is 23.8 Å². The van der Waals surface area contributed by atoms with Crippen molar-refractivity contribution in [2.45, 2.75) is 32.4 Å². The topological polar surface area (TPSA) is 58.4 Å². The van der Waals surface area contributed by atoms with Crippen LogP contribution in [0.3, 0.4) is 0 Å². The number of rotatable bonds is 3. The summed E-state index contributed by atoms with van der Waals surface area (Å²) in [5, 5.41) is 13.1. The largest absolute Gasteiger partial charge is 0.477 e. The molecule has 1 aliphatic rings. The van der Waals surface area contributed by atoms with E-state index in [-0.39, 0.29) is 11.7 Å². The lowest BCUT2D eigenvalue weighted by Crippen LogP contribution is -2.29. The van der Waals surface area contributed by atoms with Crippen LogP contribution in [0.4, 0.5) is 0 Å². The molecule has 1 aliphatic heterocycles.